The predicted octanol–water partition coefficient (Wildman–Crippen LogP) is 13.9. The van der Waals surface area contributed by atoms with Crippen molar-refractivity contribution in [3.8, 4) is 0 Å². The molecule has 0 bridgehead atoms. The first kappa shape index (κ1) is 51.3. The zero-order valence-corrected chi connectivity index (χ0v) is 35.1. The van der Waals surface area contributed by atoms with Crippen molar-refractivity contribution in [1.29, 1.82) is 0 Å². The molecule has 1 unspecified atom stereocenters. The van der Waals surface area contributed by atoms with Crippen LogP contribution >= 0.6 is 0 Å². The van der Waals surface area contributed by atoms with Crippen LogP contribution in [0.15, 0.2) is 97.2 Å². The summed E-state index contributed by atoms with van der Waals surface area (Å²) < 4.78 is 16.6. The summed E-state index contributed by atoms with van der Waals surface area (Å²) in [6, 6.07) is 0. The van der Waals surface area contributed by atoms with E-state index in [9.17, 15) is 14.4 Å². The Balaban J connectivity index is 4.52. The summed E-state index contributed by atoms with van der Waals surface area (Å²) in [5, 5.41) is 0. The van der Waals surface area contributed by atoms with Crippen molar-refractivity contribution >= 4 is 17.9 Å². The average Bonchev–Trinajstić information content (AvgIpc) is 3.18. The van der Waals surface area contributed by atoms with Crippen LogP contribution in [0.25, 0.3) is 0 Å². The summed E-state index contributed by atoms with van der Waals surface area (Å²) in [6.07, 6.45) is 55.5. The molecule has 55 heavy (non-hydrogen) atoms. The lowest BCUT2D eigenvalue weighted by atomic mass is 10.1. The molecular weight excluding hydrogens is 685 g/mol. The third-order valence-electron chi connectivity index (χ3n) is 8.55. The quantitative estimate of drug-likeness (QED) is 0.0271. The monoisotopic (exact) mass is 763 g/mol. The van der Waals surface area contributed by atoms with E-state index in [1.807, 2.05) is 0 Å². The summed E-state index contributed by atoms with van der Waals surface area (Å²) >= 11 is 0. The molecule has 0 aromatic carbocycles. The minimum Gasteiger partial charge on any atom is -0.462 e. The number of hydrogen-bond donors (Lipinski definition) is 0. The highest BCUT2D eigenvalue weighted by atomic mass is 16.6. The summed E-state index contributed by atoms with van der Waals surface area (Å²) in [6.45, 7) is 6.24. The van der Waals surface area contributed by atoms with Crippen LogP contribution in [-0.2, 0) is 28.6 Å². The summed E-state index contributed by atoms with van der Waals surface area (Å²) in [5.41, 5.74) is 0. The van der Waals surface area contributed by atoms with Crippen molar-refractivity contribution in [2.45, 2.75) is 181 Å². The Morgan fingerprint density at radius 1 is 0.382 bits per heavy atom. The van der Waals surface area contributed by atoms with Crippen LogP contribution in [0, 0.1) is 0 Å². The van der Waals surface area contributed by atoms with Crippen LogP contribution in [0.4, 0.5) is 0 Å². The number of allylic oxidation sites excluding steroid dienone is 16. The highest BCUT2D eigenvalue weighted by molar-refractivity contribution is 5.71. The number of esters is 3. The van der Waals surface area contributed by atoms with Gasteiger partial charge in [0.05, 0.1) is 0 Å². The Morgan fingerprint density at radius 2 is 0.727 bits per heavy atom. The van der Waals surface area contributed by atoms with E-state index in [2.05, 4.69) is 118 Å². The zero-order valence-electron chi connectivity index (χ0n) is 35.1. The maximum atomic E-state index is 12.7. The fourth-order valence-electron chi connectivity index (χ4n) is 5.33. The van der Waals surface area contributed by atoms with Gasteiger partial charge in [0.1, 0.15) is 13.2 Å². The Kier molecular flexibility index (Phi) is 40.2. The molecule has 6 heteroatoms. The van der Waals surface area contributed by atoms with Crippen molar-refractivity contribution in [3.05, 3.63) is 97.2 Å². The molecule has 1 atom stereocenters. The molecule has 0 aromatic heterocycles. The van der Waals surface area contributed by atoms with Crippen molar-refractivity contribution in [1.82, 2.24) is 0 Å². The molecule has 0 N–H and O–H groups in total. The summed E-state index contributed by atoms with van der Waals surface area (Å²) in [7, 11) is 0. The van der Waals surface area contributed by atoms with Gasteiger partial charge in [0.15, 0.2) is 6.10 Å². The van der Waals surface area contributed by atoms with Crippen LogP contribution in [0.2, 0.25) is 0 Å². The highest BCUT2D eigenvalue weighted by Crippen LogP contribution is 2.10. The minimum atomic E-state index is -0.819. The number of unbranched alkanes of at least 4 members (excludes halogenated alkanes) is 10. The zero-order chi connectivity index (χ0) is 40.1. The molecule has 310 valence electrons. The Bertz CT molecular complexity index is 1150. The van der Waals surface area contributed by atoms with Gasteiger partial charge in [0.2, 0.25) is 0 Å². The maximum absolute atomic E-state index is 12.7. The predicted molar refractivity (Wildman–Crippen MR) is 233 cm³/mol. The van der Waals surface area contributed by atoms with E-state index < -0.39 is 6.10 Å². The Morgan fingerprint density at radius 3 is 1.20 bits per heavy atom. The second kappa shape index (κ2) is 43.1. The van der Waals surface area contributed by atoms with Gasteiger partial charge >= 0.3 is 17.9 Å². The summed E-state index contributed by atoms with van der Waals surface area (Å²) in [4.78, 5) is 37.6. The van der Waals surface area contributed by atoms with Crippen molar-refractivity contribution in [2.75, 3.05) is 13.2 Å². The maximum Gasteiger partial charge on any atom is 0.306 e. The molecule has 0 amide bonds. The molecule has 0 fully saturated rings. The standard InChI is InChI=1S/C49H78O6/c1-4-7-10-13-16-19-21-23-24-25-26-28-30-33-36-39-42-48(51)54-45-46(44-53-47(50)41-38-35-32-29-18-15-12-9-6-3)55-49(52)43-40-37-34-31-27-22-20-17-14-11-8-5-2/h7-8,10-11,16-17,19-20,23-24,26-29,31-32,46H,4-6,9,12-15,18,21-22,25,30,33-45H2,1-3H3/b10-7-,11-8-,19-16-,20-17-,24-23-,28-26-,31-27-,32-29-. The Hall–Kier alpha value is -3.67. The largest absolute Gasteiger partial charge is 0.462 e. The first-order chi connectivity index (χ1) is 27.0. The minimum absolute atomic E-state index is 0.120. The van der Waals surface area contributed by atoms with Gasteiger partial charge in [-0.15, -0.1) is 0 Å². The number of hydrogen-bond acceptors (Lipinski definition) is 6. The van der Waals surface area contributed by atoms with Crippen LogP contribution < -0.4 is 0 Å². The third kappa shape index (κ3) is 41.3. The van der Waals surface area contributed by atoms with Gasteiger partial charge in [-0.25, -0.2) is 0 Å². The molecule has 0 saturated heterocycles. The molecular formula is C49H78O6. The molecule has 0 rings (SSSR count). The fraction of sp³-hybridized carbons (Fsp3) is 0.612. The van der Waals surface area contributed by atoms with Gasteiger partial charge in [-0.2, -0.15) is 0 Å². The number of carbonyl (C=O) groups is 3. The molecule has 0 aliphatic heterocycles. The number of carbonyl (C=O) groups excluding carboxylic acids is 3. The van der Waals surface area contributed by atoms with Crippen LogP contribution in [0.3, 0.4) is 0 Å². The van der Waals surface area contributed by atoms with Gasteiger partial charge < -0.3 is 14.2 Å². The molecule has 0 heterocycles. The van der Waals surface area contributed by atoms with E-state index in [1.165, 1.54) is 25.7 Å². The van der Waals surface area contributed by atoms with Crippen molar-refractivity contribution in [3.63, 3.8) is 0 Å². The number of ether oxygens (including phenoxy) is 3. The second-order valence-corrected chi connectivity index (χ2v) is 13.8. The van der Waals surface area contributed by atoms with E-state index in [0.29, 0.717) is 25.7 Å². The molecule has 0 aliphatic carbocycles. The van der Waals surface area contributed by atoms with Crippen molar-refractivity contribution in [2.24, 2.45) is 0 Å². The van der Waals surface area contributed by atoms with Crippen LogP contribution in [0.1, 0.15) is 175 Å². The van der Waals surface area contributed by atoms with E-state index in [4.69, 9.17) is 14.2 Å². The first-order valence-corrected chi connectivity index (χ1v) is 21.7. The van der Waals surface area contributed by atoms with E-state index in [1.54, 1.807) is 0 Å². The number of rotatable bonds is 37. The van der Waals surface area contributed by atoms with Gasteiger partial charge in [0.25, 0.3) is 0 Å². The normalized spacial score (nSPS) is 13.0. The lowest BCUT2D eigenvalue weighted by Gasteiger charge is -2.18. The molecule has 0 aromatic rings. The first-order valence-electron chi connectivity index (χ1n) is 21.7. The average molecular weight is 763 g/mol. The van der Waals surface area contributed by atoms with Gasteiger partial charge in [-0.05, 0) is 109 Å². The van der Waals surface area contributed by atoms with Crippen molar-refractivity contribution < 1.29 is 28.6 Å². The SMILES string of the molecule is CC/C=C\C/C=C\C/C=C\C/C=C\CCCCCC(=O)OCC(COC(=O)CCC/C=C\CCCCCC)OC(=O)CCCC/C=C\C/C=C\C/C=C\CC. The molecule has 0 spiro atoms. The second-order valence-electron chi connectivity index (χ2n) is 13.8. The van der Waals surface area contributed by atoms with Crippen LogP contribution in [-0.4, -0.2) is 37.2 Å². The lowest BCUT2D eigenvalue weighted by molar-refractivity contribution is -0.167. The molecule has 0 saturated carbocycles. The lowest BCUT2D eigenvalue weighted by Crippen LogP contribution is -2.30. The molecule has 0 aliphatic rings. The molecule has 0 radical (unpaired) electrons. The topological polar surface area (TPSA) is 78.9 Å². The van der Waals surface area contributed by atoms with Crippen LogP contribution in [0.5, 0.6) is 0 Å². The van der Waals surface area contributed by atoms with E-state index in [-0.39, 0.29) is 37.5 Å². The Labute approximate surface area is 337 Å². The van der Waals surface area contributed by atoms with Gasteiger partial charge in [-0.1, -0.05) is 144 Å². The third-order valence-corrected chi connectivity index (χ3v) is 8.55. The van der Waals surface area contributed by atoms with Gasteiger partial charge in [0, 0.05) is 19.3 Å². The highest BCUT2D eigenvalue weighted by Gasteiger charge is 2.19. The van der Waals surface area contributed by atoms with E-state index in [0.717, 1.165) is 96.3 Å². The summed E-state index contributed by atoms with van der Waals surface area (Å²) in [5.74, 6) is -1.04. The smallest absolute Gasteiger partial charge is 0.306 e. The van der Waals surface area contributed by atoms with E-state index >= 15 is 0 Å². The fourth-order valence-corrected chi connectivity index (χ4v) is 5.33. The molecule has 6 nitrogen and oxygen atoms in total. The van der Waals surface area contributed by atoms with Gasteiger partial charge in [-0.3, -0.25) is 14.4 Å².